The molecule has 2 aromatic carbocycles. The molecule has 0 amide bonds. The van der Waals surface area contributed by atoms with Gasteiger partial charge in [-0.05, 0) is 44.4 Å². The van der Waals surface area contributed by atoms with E-state index < -0.39 is 8.38 Å². The number of rotatable bonds is 7. The minimum atomic E-state index is -1.08. The molecule has 2 aromatic rings. The van der Waals surface area contributed by atoms with Crippen molar-refractivity contribution < 1.29 is 9.05 Å². The lowest BCUT2D eigenvalue weighted by Gasteiger charge is -2.19. The van der Waals surface area contributed by atoms with Crippen LogP contribution >= 0.6 is 8.38 Å². The summed E-state index contributed by atoms with van der Waals surface area (Å²) in [4.78, 5) is 0. The fourth-order valence-electron chi connectivity index (χ4n) is 2.41. The first-order chi connectivity index (χ1) is 11.0. The second-order valence-electron chi connectivity index (χ2n) is 5.88. The van der Waals surface area contributed by atoms with Gasteiger partial charge in [-0.15, -0.1) is 0 Å². The Balaban J connectivity index is 2.08. The molecule has 0 saturated carbocycles. The van der Waals surface area contributed by atoms with Crippen LogP contribution in [0.5, 0.6) is 11.5 Å². The summed E-state index contributed by atoms with van der Waals surface area (Å²) in [6.45, 7) is 8.28. The first-order valence-corrected chi connectivity index (χ1v) is 9.67. The van der Waals surface area contributed by atoms with Crippen molar-refractivity contribution in [2.75, 3.05) is 6.66 Å². The van der Waals surface area contributed by atoms with Gasteiger partial charge in [0.2, 0.25) is 0 Å². The molecule has 0 N–H and O–H groups in total. The first kappa shape index (κ1) is 17.9. The van der Waals surface area contributed by atoms with E-state index in [0.29, 0.717) is 11.2 Å². The Morgan fingerprint density at radius 2 is 1.57 bits per heavy atom. The molecule has 0 heterocycles. The van der Waals surface area contributed by atoms with E-state index in [9.17, 15) is 0 Å². The van der Waals surface area contributed by atoms with Crippen LogP contribution in [0.4, 0.5) is 0 Å². The smallest absolute Gasteiger partial charge is 0.286 e. The Labute approximate surface area is 142 Å². The van der Waals surface area contributed by atoms with Crippen LogP contribution in [0.2, 0.25) is 0 Å². The molecule has 0 aliphatic heterocycles. The molecule has 23 heavy (non-hydrogen) atoms. The molecule has 2 rings (SSSR count). The van der Waals surface area contributed by atoms with Gasteiger partial charge in [0, 0.05) is 6.66 Å². The molecule has 0 fully saturated rings. The maximum Gasteiger partial charge on any atom is 0.286 e. The highest BCUT2D eigenvalue weighted by molar-refractivity contribution is 7.47. The molecule has 0 saturated heterocycles. The van der Waals surface area contributed by atoms with E-state index in [1.54, 1.807) is 0 Å². The highest BCUT2D eigenvalue weighted by Gasteiger charge is 2.12. The SMILES string of the molecule is [B]c1cc(C)ccc1OP(C)Oc1ccc(C)cc1CCCC. The van der Waals surface area contributed by atoms with Gasteiger partial charge in [0.05, 0.1) is 0 Å². The van der Waals surface area contributed by atoms with E-state index in [1.165, 1.54) is 17.5 Å². The zero-order valence-corrected chi connectivity index (χ0v) is 15.3. The standard InChI is InChI=1S/C19H24BO2P/c1-5-6-7-16-12-14(2)8-10-18(16)21-23(4)22-19-11-9-15(3)13-17(19)20/h8-13H,5-7H2,1-4H3. The van der Waals surface area contributed by atoms with Crippen molar-refractivity contribution in [1.29, 1.82) is 0 Å². The fourth-order valence-corrected chi connectivity index (χ4v) is 3.34. The van der Waals surface area contributed by atoms with Gasteiger partial charge >= 0.3 is 0 Å². The number of hydrogen-bond donors (Lipinski definition) is 0. The maximum atomic E-state index is 6.07. The third kappa shape index (κ3) is 5.29. The number of unbranched alkanes of at least 4 members (excludes halogenated alkanes) is 1. The summed E-state index contributed by atoms with van der Waals surface area (Å²) in [5.74, 6) is 1.61. The summed E-state index contributed by atoms with van der Waals surface area (Å²) in [5, 5.41) is 0. The summed E-state index contributed by atoms with van der Waals surface area (Å²) < 4.78 is 12.0. The minimum absolute atomic E-state index is 0.651. The molecule has 1 unspecified atom stereocenters. The molecular formula is C19H24BO2P. The Morgan fingerprint density at radius 3 is 2.22 bits per heavy atom. The lowest BCUT2D eigenvalue weighted by atomic mass is 9.93. The molecule has 0 aliphatic carbocycles. The quantitative estimate of drug-likeness (QED) is 0.535. The van der Waals surface area contributed by atoms with E-state index in [1.807, 2.05) is 37.9 Å². The summed E-state index contributed by atoms with van der Waals surface area (Å²) in [5.41, 5.74) is 4.28. The third-order valence-electron chi connectivity index (χ3n) is 3.63. The first-order valence-electron chi connectivity index (χ1n) is 8.05. The average molecular weight is 326 g/mol. The fraction of sp³-hybridized carbons (Fsp3) is 0.368. The van der Waals surface area contributed by atoms with Crippen molar-refractivity contribution in [3.05, 3.63) is 53.1 Å². The zero-order chi connectivity index (χ0) is 16.8. The summed E-state index contributed by atoms with van der Waals surface area (Å²) in [6.07, 6.45) is 3.36. The summed E-state index contributed by atoms with van der Waals surface area (Å²) >= 11 is 0. The van der Waals surface area contributed by atoms with E-state index in [0.717, 1.165) is 24.2 Å². The average Bonchev–Trinajstić information content (AvgIpc) is 2.50. The molecule has 0 spiro atoms. The van der Waals surface area contributed by atoms with Crippen molar-refractivity contribution in [2.45, 2.75) is 40.0 Å². The van der Waals surface area contributed by atoms with Gasteiger partial charge in [-0.2, -0.15) is 0 Å². The maximum absolute atomic E-state index is 6.07. The molecule has 0 bridgehead atoms. The highest BCUT2D eigenvalue weighted by Crippen LogP contribution is 2.38. The van der Waals surface area contributed by atoms with Gasteiger partial charge < -0.3 is 9.05 Å². The van der Waals surface area contributed by atoms with Crippen LogP contribution < -0.4 is 14.5 Å². The van der Waals surface area contributed by atoms with Crippen molar-refractivity contribution in [2.24, 2.45) is 0 Å². The Kier molecular flexibility index (Phi) is 6.53. The van der Waals surface area contributed by atoms with Crippen molar-refractivity contribution >= 4 is 21.7 Å². The van der Waals surface area contributed by atoms with Crippen molar-refractivity contribution in [1.82, 2.24) is 0 Å². The van der Waals surface area contributed by atoms with Gasteiger partial charge in [0.1, 0.15) is 19.3 Å². The summed E-state index contributed by atoms with van der Waals surface area (Å²) in [6, 6.07) is 12.1. The van der Waals surface area contributed by atoms with E-state index in [2.05, 4.69) is 26.0 Å². The van der Waals surface area contributed by atoms with Crippen molar-refractivity contribution in [3.8, 4) is 11.5 Å². The van der Waals surface area contributed by atoms with Crippen LogP contribution in [0.15, 0.2) is 36.4 Å². The minimum Gasteiger partial charge on any atom is -0.439 e. The highest BCUT2D eigenvalue weighted by atomic mass is 31.2. The zero-order valence-electron chi connectivity index (χ0n) is 14.4. The number of hydrogen-bond acceptors (Lipinski definition) is 2. The van der Waals surface area contributed by atoms with Gasteiger partial charge in [-0.1, -0.05) is 54.2 Å². The van der Waals surface area contributed by atoms with Crippen LogP contribution in [0.1, 0.15) is 36.5 Å². The lowest BCUT2D eigenvalue weighted by molar-refractivity contribution is 0.494. The van der Waals surface area contributed by atoms with Crippen LogP contribution in [0.3, 0.4) is 0 Å². The summed E-state index contributed by atoms with van der Waals surface area (Å²) in [7, 11) is 4.93. The van der Waals surface area contributed by atoms with Gasteiger partial charge in [-0.25, -0.2) is 0 Å². The predicted octanol–water partition coefficient (Wildman–Crippen LogP) is 4.84. The van der Waals surface area contributed by atoms with Crippen molar-refractivity contribution in [3.63, 3.8) is 0 Å². The molecule has 4 heteroatoms. The molecule has 0 aromatic heterocycles. The Hall–Kier alpha value is -1.47. The van der Waals surface area contributed by atoms with Gasteiger partial charge in [-0.3, -0.25) is 0 Å². The molecule has 2 nitrogen and oxygen atoms in total. The molecular weight excluding hydrogens is 302 g/mol. The van der Waals surface area contributed by atoms with Crippen LogP contribution in [0.25, 0.3) is 0 Å². The Morgan fingerprint density at radius 1 is 0.957 bits per heavy atom. The largest absolute Gasteiger partial charge is 0.439 e. The van der Waals surface area contributed by atoms with Gasteiger partial charge in [0.25, 0.3) is 8.38 Å². The molecule has 120 valence electrons. The van der Waals surface area contributed by atoms with Crippen LogP contribution in [-0.2, 0) is 6.42 Å². The van der Waals surface area contributed by atoms with Crippen LogP contribution in [-0.4, -0.2) is 14.5 Å². The second-order valence-corrected chi connectivity index (χ2v) is 7.12. The van der Waals surface area contributed by atoms with E-state index >= 15 is 0 Å². The second kappa shape index (κ2) is 8.40. The normalized spacial score (nSPS) is 12.0. The number of benzene rings is 2. The topological polar surface area (TPSA) is 18.5 Å². The van der Waals surface area contributed by atoms with Gasteiger partial charge in [0.15, 0.2) is 0 Å². The van der Waals surface area contributed by atoms with E-state index in [4.69, 9.17) is 16.9 Å². The molecule has 2 radical (unpaired) electrons. The van der Waals surface area contributed by atoms with Crippen LogP contribution in [0, 0.1) is 13.8 Å². The number of aryl methyl sites for hydroxylation is 3. The van der Waals surface area contributed by atoms with E-state index in [-0.39, 0.29) is 0 Å². The molecule has 1 atom stereocenters. The predicted molar refractivity (Wildman–Crippen MR) is 100 cm³/mol. The monoisotopic (exact) mass is 326 g/mol. The Bertz CT molecular complexity index is 658. The molecule has 0 aliphatic rings. The lowest BCUT2D eigenvalue weighted by Crippen LogP contribution is -2.08. The third-order valence-corrected chi connectivity index (χ3v) is 4.54.